The van der Waals surface area contributed by atoms with Crippen LogP contribution in [0.1, 0.15) is 56.3 Å². The summed E-state index contributed by atoms with van der Waals surface area (Å²) in [5.41, 5.74) is 5.32. The smallest absolute Gasteiger partial charge is 0.255 e. The van der Waals surface area contributed by atoms with Crippen LogP contribution in [0.5, 0.6) is 0 Å². The third-order valence-corrected chi connectivity index (χ3v) is 8.27. The number of aliphatic hydroxyl groups is 1. The van der Waals surface area contributed by atoms with Crippen molar-refractivity contribution in [2.45, 2.75) is 64.1 Å². The van der Waals surface area contributed by atoms with E-state index in [-0.39, 0.29) is 30.3 Å². The van der Waals surface area contributed by atoms with Gasteiger partial charge in [-0.3, -0.25) is 4.79 Å². The zero-order valence-electron chi connectivity index (χ0n) is 24.7. The summed E-state index contributed by atoms with van der Waals surface area (Å²) in [6.45, 7) is 4.74. The van der Waals surface area contributed by atoms with Gasteiger partial charge in [0.1, 0.15) is 5.52 Å². The van der Waals surface area contributed by atoms with Crippen molar-refractivity contribution < 1.29 is 18.7 Å². The first-order chi connectivity index (χ1) is 21.2. The Morgan fingerprint density at radius 2 is 2.02 bits per heavy atom. The summed E-state index contributed by atoms with van der Waals surface area (Å²) in [5, 5.41) is 28.6. The number of fused-ring (bicyclic) bond motifs is 2. The number of anilines is 4. The molecule has 0 spiro atoms. The highest BCUT2D eigenvalue weighted by molar-refractivity contribution is 5.80. The molecule has 3 heterocycles. The molecular weight excluding hydrogens is 568 g/mol. The maximum atomic E-state index is 12.6. The number of aromatic nitrogens is 5. The lowest BCUT2D eigenvalue weighted by Crippen LogP contribution is -2.39. The van der Waals surface area contributed by atoms with E-state index in [1.165, 1.54) is 0 Å². The monoisotopic (exact) mass is 605 g/mol. The predicted molar refractivity (Wildman–Crippen MR) is 164 cm³/mol. The topological polar surface area (TPSA) is 133 Å². The first-order valence-corrected chi connectivity index (χ1v) is 15.1. The summed E-state index contributed by atoms with van der Waals surface area (Å²) in [5.74, 6) is 0.555. The second-order valence-electron chi connectivity index (χ2n) is 11.8. The van der Waals surface area contributed by atoms with Crippen LogP contribution in [0, 0.1) is 5.92 Å². The number of benzene rings is 2. The van der Waals surface area contributed by atoms with Crippen LogP contribution in [0.25, 0.3) is 11.0 Å². The minimum absolute atomic E-state index is 0.00369. The normalized spacial score (nSPS) is 19.9. The molecule has 0 unspecified atom stereocenters. The Bertz CT molecular complexity index is 1630. The molecule has 0 saturated carbocycles. The Hall–Kier alpha value is -4.39. The van der Waals surface area contributed by atoms with E-state index in [0.717, 1.165) is 52.9 Å². The zero-order chi connectivity index (χ0) is 30.8. The van der Waals surface area contributed by atoms with Crippen molar-refractivity contribution in [3.05, 3.63) is 59.8 Å². The van der Waals surface area contributed by atoms with Crippen LogP contribution >= 0.6 is 0 Å². The number of hydrogen-bond acceptors (Lipinski definition) is 9. The van der Waals surface area contributed by atoms with Gasteiger partial charge in [-0.25, -0.2) is 18.4 Å². The van der Waals surface area contributed by atoms with Crippen LogP contribution in [-0.4, -0.2) is 68.1 Å². The van der Waals surface area contributed by atoms with Crippen LogP contribution in [0.2, 0.25) is 0 Å². The summed E-state index contributed by atoms with van der Waals surface area (Å²) >= 11 is 0. The number of aliphatic hydroxyl groups excluding tert-OH is 1. The second-order valence-corrected chi connectivity index (χ2v) is 11.8. The van der Waals surface area contributed by atoms with Gasteiger partial charge < -0.3 is 26.0 Å². The number of carbonyl (C=O) groups is 1. The summed E-state index contributed by atoms with van der Waals surface area (Å²) in [6, 6.07) is 13.5. The molecule has 11 nitrogen and oxygen atoms in total. The maximum absolute atomic E-state index is 12.6. The Balaban J connectivity index is 1.28. The fourth-order valence-corrected chi connectivity index (χ4v) is 6.17. The van der Waals surface area contributed by atoms with Gasteiger partial charge in [-0.15, -0.1) is 5.10 Å². The molecule has 4 N–H and O–H groups in total. The van der Waals surface area contributed by atoms with Gasteiger partial charge in [-0.2, -0.15) is 4.98 Å². The fraction of sp³-hybridized carbons (Fsp3) is 0.452. The van der Waals surface area contributed by atoms with E-state index in [1.54, 1.807) is 6.20 Å². The molecule has 2 aromatic carbocycles. The van der Waals surface area contributed by atoms with Crippen molar-refractivity contribution >= 4 is 40.1 Å². The fourth-order valence-electron chi connectivity index (χ4n) is 6.17. The van der Waals surface area contributed by atoms with Gasteiger partial charge in [-0.1, -0.05) is 29.5 Å². The molecule has 6 rings (SSSR count). The van der Waals surface area contributed by atoms with Gasteiger partial charge in [-0.05, 0) is 61.9 Å². The molecule has 3 atom stereocenters. The minimum Gasteiger partial charge on any atom is -0.390 e. The van der Waals surface area contributed by atoms with Crippen LogP contribution in [0.4, 0.5) is 31.9 Å². The Labute approximate surface area is 254 Å². The predicted octanol–water partition coefficient (Wildman–Crippen LogP) is 4.60. The number of amides is 1. The number of nitrogens with zero attached hydrogens (tertiary/aromatic N) is 6. The first kappa shape index (κ1) is 29.7. The van der Waals surface area contributed by atoms with Crippen LogP contribution in [0.15, 0.2) is 48.7 Å². The molecule has 0 radical (unpaired) electrons. The van der Waals surface area contributed by atoms with E-state index in [0.29, 0.717) is 24.7 Å². The van der Waals surface area contributed by atoms with Crippen molar-refractivity contribution in [1.82, 2.24) is 30.3 Å². The molecule has 1 aliphatic heterocycles. The van der Waals surface area contributed by atoms with Gasteiger partial charge in [0.25, 0.3) is 6.43 Å². The molecule has 13 heteroatoms. The molecule has 1 aliphatic carbocycles. The quantitative estimate of drug-likeness (QED) is 0.205. The number of alkyl halides is 2. The second kappa shape index (κ2) is 12.7. The van der Waals surface area contributed by atoms with Crippen LogP contribution < -0.4 is 20.9 Å². The first-order valence-electron chi connectivity index (χ1n) is 15.1. The number of nitrogens with one attached hydrogen (secondary N) is 3. The molecule has 1 amide bonds. The minimum atomic E-state index is -2.58. The average Bonchev–Trinajstić information content (AvgIpc) is 3.57. The Morgan fingerprint density at radius 1 is 1.18 bits per heavy atom. The summed E-state index contributed by atoms with van der Waals surface area (Å²) in [7, 11) is 0. The lowest BCUT2D eigenvalue weighted by atomic mass is 9.94. The molecule has 232 valence electrons. The molecule has 4 aromatic rings. The number of piperidine rings is 1. The van der Waals surface area contributed by atoms with Gasteiger partial charge in [0, 0.05) is 37.7 Å². The highest BCUT2D eigenvalue weighted by Crippen LogP contribution is 2.38. The van der Waals surface area contributed by atoms with Gasteiger partial charge in [0.2, 0.25) is 11.9 Å². The van der Waals surface area contributed by atoms with Crippen LogP contribution in [-0.2, 0) is 11.2 Å². The van der Waals surface area contributed by atoms with Gasteiger partial charge in [0.15, 0.2) is 5.82 Å². The van der Waals surface area contributed by atoms with E-state index in [1.807, 2.05) is 61.0 Å². The third-order valence-electron chi connectivity index (χ3n) is 8.27. The summed E-state index contributed by atoms with van der Waals surface area (Å²) in [6.07, 6.45) is 0.904. The number of rotatable bonds is 10. The van der Waals surface area contributed by atoms with Crippen molar-refractivity contribution in [3.63, 3.8) is 0 Å². The Kier molecular flexibility index (Phi) is 8.56. The van der Waals surface area contributed by atoms with Gasteiger partial charge >= 0.3 is 0 Å². The summed E-state index contributed by atoms with van der Waals surface area (Å²) < 4.78 is 27.0. The van der Waals surface area contributed by atoms with Gasteiger partial charge in [0.05, 0.1) is 36.1 Å². The van der Waals surface area contributed by atoms with Crippen molar-refractivity contribution in [2.75, 3.05) is 35.2 Å². The van der Waals surface area contributed by atoms with E-state index < -0.39 is 19.1 Å². The molecule has 1 fully saturated rings. The zero-order valence-corrected chi connectivity index (χ0v) is 24.7. The average molecular weight is 606 g/mol. The largest absolute Gasteiger partial charge is 0.390 e. The maximum Gasteiger partial charge on any atom is 0.255 e. The molecule has 2 aliphatic rings. The molecule has 2 aromatic heterocycles. The SMILES string of the molecule is CC(C)n1nnc2ccc(Nc3ncc(N4CCC[C@H](CC(=O)NCC(F)F)C4)c(N[C@H]4c5ccccc5C[C@H]4O)n3)cc21. The summed E-state index contributed by atoms with van der Waals surface area (Å²) in [4.78, 5) is 24.0. The van der Waals surface area contributed by atoms with E-state index in [9.17, 15) is 18.7 Å². The number of hydrogen-bond donors (Lipinski definition) is 4. The Morgan fingerprint density at radius 3 is 2.84 bits per heavy atom. The van der Waals surface area contributed by atoms with E-state index >= 15 is 0 Å². The molecular formula is C31H37F2N9O2. The lowest BCUT2D eigenvalue weighted by molar-refractivity contribution is -0.122. The van der Waals surface area contributed by atoms with Crippen LogP contribution in [0.3, 0.4) is 0 Å². The number of halogens is 2. The van der Waals surface area contributed by atoms with E-state index in [4.69, 9.17) is 4.98 Å². The standard InChI is InChI=1S/C31H37F2N9O2/c1-18(2)42-24-14-21(9-10-23(24)39-40-42)36-31-35-15-25(41-11-5-6-19(17-41)12-28(44)34-16-27(32)33)30(38-31)37-29-22-8-4-3-7-20(22)13-26(29)43/h3-4,7-10,14-15,18-19,26-27,29,43H,5-6,11-13,16-17H2,1-2H3,(H,34,44)(H2,35,36,37,38)/t19-,26-,29+/m1/s1. The third kappa shape index (κ3) is 6.42. The van der Waals surface area contributed by atoms with Crippen molar-refractivity contribution in [1.29, 1.82) is 0 Å². The molecule has 0 bridgehead atoms. The van der Waals surface area contributed by atoms with E-state index in [2.05, 4.69) is 36.1 Å². The highest BCUT2D eigenvalue weighted by Gasteiger charge is 2.33. The number of carbonyl (C=O) groups excluding carboxylic acids is 1. The highest BCUT2D eigenvalue weighted by atomic mass is 19.3. The van der Waals surface area contributed by atoms with Crippen molar-refractivity contribution in [2.24, 2.45) is 5.92 Å². The van der Waals surface area contributed by atoms with Crippen molar-refractivity contribution in [3.8, 4) is 0 Å². The lowest BCUT2D eigenvalue weighted by Gasteiger charge is -2.35. The molecule has 1 saturated heterocycles. The molecule has 44 heavy (non-hydrogen) atoms.